The molecule has 146 valence electrons. The first-order valence-corrected chi connectivity index (χ1v) is 10.2. The monoisotopic (exact) mass is 393 g/mol. The standard InChI is InChI=1S/C19H24FN3O3S/c1-23-11-10-17(19(13-23)26-2)21-18-12-14(8-9-16(18)20)22-27(24,25)15-6-4-3-5-7-15/h3-9,12,17,19,21-22H,10-11,13H2,1-2H3. The second-order valence-corrected chi connectivity index (χ2v) is 8.37. The van der Waals surface area contributed by atoms with E-state index in [9.17, 15) is 12.8 Å². The molecule has 2 aromatic rings. The minimum Gasteiger partial charge on any atom is -0.378 e. The Hall–Kier alpha value is -2.16. The van der Waals surface area contributed by atoms with Crippen LogP contribution in [0.2, 0.25) is 0 Å². The number of methoxy groups -OCH3 is 1. The summed E-state index contributed by atoms with van der Waals surface area (Å²) < 4.78 is 47.3. The van der Waals surface area contributed by atoms with E-state index in [1.165, 1.54) is 30.3 Å². The van der Waals surface area contributed by atoms with Crippen LogP contribution >= 0.6 is 0 Å². The average molecular weight is 393 g/mol. The maximum atomic E-state index is 14.3. The zero-order valence-corrected chi connectivity index (χ0v) is 16.2. The van der Waals surface area contributed by atoms with Gasteiger partial charge in [0.2, 0.25) is 0 Å². The smallest absolute Gasteiger partial charge is 0.261 e. The van der Waals surface area contributed by atoms with Gasteiger partial charge in [-0.2, -0.15) is 0 Å². The Labute approximate surface area is 159 Å². The van der Waals surface area contributed by atoms with Gasteiger partial charge in [0.1, 0.15) is 5.82 Å². The largest absolute Gasteiger partial charge is 0.378 e. The van der Waals surface area contributed by atoms with Crippen LogP contribution in [0.5, 0.6) is 0 Å². The molecule has 0 radical (unpaired) electrons. The van der Waals surface area contributed by atoms with Gasteiger partial charge in [0.25, 0.3) is 10.0 Å². The zero-order chi connectivity index (χ0) is 19.4. The van der Waals surface area contributed by atoms with E-state index in [0.717, 1.165) is 19.5 Å². The summed E-state index contributed by atoms with van der Waals surface area (Å²) in [6.07, 6.45) is 0.724. The summed E-state index contributed by atoms with van der Waals surface area (Å²) in [4.78, 5) is 2.31. The second-order valence-electron chi connectivity index (χ2n) is 6.69. The first-order chi connectivity index (χ1) is 12.9. The van der Waals surface area contributed by atoms with Gasteiger partial charge in [-0.05, 0) is 50.3 Å². The number of halogens is 1. The lowest BCUT2D eigenvalue weighted by molar-refractivity contribution is 0.0311. The van der Waals surface area contributed by atoms with E-state index in [0.29, 0.717) is 5.69 Å². The van der Waals surface area contributed by atoms with Crippen molar-refractivity contribution in [2.75, 3.05) is 37.3 Å². The molecule has 0 aliphatic carbocycles. The minimum atomic E-state index is -3.73. The van der Waals surface area contributed by atoms with Gasteiger partial charge < -0.3 is 15.0 Å². The highest BCUT2D eigenvalue weighted by atomic mass is 32.2. The van der Waals surface area contributed by atoms with Crippen molar-refractivity contribution >= 4 is 21.4 Å². The molecule has 0 saturated carbocycles. The maximum Gasteiger partial charge on any atom is 0.261 e. The third kappa shape index (κ3) is 4.77. The first kappa shape index (κ1) is 19.6. The zero-order valence-electron chi connectivity index (χ0n) is 15.4. The lowest BCUT2D eigenvalue weighted by atomic mass is 10.0. The molecule has 0 amide bonds. The van der Waals surface area contributed by atoms with Crippen LogP contribution in [0.3, 0.4) is 0 Å². The SMILES string of the molecule is COC1CN(C)CCC1Nc1cc(NS(=O)(=O)c2ccccc2)ccc1F. The molecule has 1 saturated heterocycles. The number of hydrogen-bond acceptors (Lipinski definition) is 5. The molecule has 2 unspecified atom stereocenters. The number of anilines is 2. The summed E-state index contributed by atoms with van der Waals surface area (Å²) in [6.45, 7) is 1.62. The number of piperidine rings is 1. The lowest BCUT2D eigenvalue weighted by Gasteiger charge is -2.36. The third-order valence-corrected chi connectivity index (χ3v) is 6.08. The molecule has 27 heavy (non-hydrogen) atoms. The van der Waals surface area contributed by atoms with Crippen molar-refractivity contribution in [3.05, 3.63) is 54.3 Å². The van der Waals surface area contributed by atoms with Crippen molar-refractivity contribution in [2.24, 2.45) is 0 Å². The van der Waals surface area contributed by atoms with E-state index >= 15 is 0 Å². The third-order valence-electron chi connectivity index (χ3n) is 4.68. The molecule has 1 aliphatic heterocycles. The quantitative estimate of drug-likeness (QED) is 0.790. The van der Waals surface area contributed by atoms with E-state index in [1.54, 1.807) is 25.3 Å². The van der Waals surface area contributed by atoms with Crippen LogP contribution in [0.4, 0.5) is 15.8 Å². The maximum absolute atomic E-state index is 14.3. The topological polar surface area (TPSA) is 70.7 Å². The fourth-order valence-electron chi connectivity index (χ4n) is 3.19. The van der Waals surface area contributed by atoms with Crippen molar-refractivity contribution in [3.63, 3.8) is 0 Å². The van der Waals surface area contributed by atoms with E-state index < -0.39 is 15.8 Å². The first-order valence-electron chi connectivity index (χ1n) is 8.74. The van der Waals surface area contributed by atoms with Crippen LogP contribution in [0.15, 0.2) is 53.4 Å². The van der Waals surface area contributed by atoms with Crippen molar-refractivity contribution < 1.29 is 17.5 Å². The molecule has 2 N–H and O–H groups in total. The van der Waals surface area contributed by atoms with Gasteiger partial charge in [0.15, 0.2) is 0 Å². The van der Waals surface area contributed by atoms with Crippen LogP contribution in [0.1, 0.15) is 6.42 Å². The van der Waals surface area contributed by atoms with Gasteiger partial charge in [-0.25, -0.2) is 12.8 Å². The molecule has 0 spiro atoms. The summed E-state index contributed by atoms with van der Waals surface area (Å²) in [5.74, 6) is -0.438. The van der Waals surface area contributed by atoms with E-state index in [4.69, 9.17) is 4.74 Å². The van der Waals surface area contributed by atoms with Gasteiger partial charge in [0.05, 0.1) is 28.4 Å². The summed E-state index contributed by atoms with van der Waals surface area (Å²) in [7, 11) is -0.0765. The highest BCUT2D eigenvalue weighted by Gasteiger charge is 2.28. The molecular formula is C19H24FN3O3S. The normalized spacial score (nSPS) is 21.0. The Morgan fingerprint density at radius 1 is 1.19 bits per heavy atom. The fraction of sp³-hybridized carbons (Fsp3) is 0.368. The predicted octanol–water partition coefficient (Wildman–Crippen LogP) is 2.76. The minimum absolute atomic E-state index is 0.0540. The second kappa shape index (κ2) is 8.24. The van der Waals surface area contributed by atoms with E-state index in [2.05, 4.69) is 14.9 Å². The molecule has 6 nitrogen and oxygen atoms in total. The molecule has 2 atom stereocenters. The summed E-state index contributed by atoms with van der Waals surface area (Å²) >= 11 is 0. The Morgan fingerprint density at radius 3 is 2.63 bits per heavy atom. The van der Waals surface area contributed by atoms with Crippen LogP contribution in [-0.2, 0) is 14.8 Å². The van der Waals surface area contributed by atoms with E-state index in [-0.39, 0.29) is 22.7 Å². The molecule has 2 aromatic carbocycles. The lowest BCUT2D eigenvalue weighted by Crippen LogP contribution is -2.49. The number of nitrogens with one attached hydrogen (secondary N) is 2. The van der Waals surface area contributed by atoms with Gasteiger partial charge in [-0.1, -0.05) is 18.2 Å². The number of likely N-dealkylation sites (tertiary alicyclic amines) is 1. The van der Waals surface area contributed by atoms with Crippen molar-refractivity contribution in [2.45, 2.75) is 23.5 Å². The molecule has 3 rings (SSSR count). The summed E-state index contributed by atoms with van der Waals surface area (Å²) in [5.41, 5.74) is 0.546. The molecule has 1 aliphatic rings. The van der Waals surface area contributed by atoms with Crippen molar-refractivity contribution in [1.82, 2.24) is 4.90 Å². The Bertz CT molecular complexity index is 877. The fourth-order valence-corrected chi connectivity index (χ4v) is 4.26. The molecule has 0 aromatic heterocycles. The molecular weight excluding hydrogens is 369 g/mol. The predicted molar refractivity (Wildman–Crippen MR) is 104 cm³/mol. The van der Waals surface area contributed by atoms with Crippen molar-refractivity contribution in [3.8, 4) is 0 Å². The molecule has 1 fully saturated rings. The number of nitrogens with zero attached hydrogens (tertiary/aromatic N) is 1. The number of benzene rings is 2. The Morgan fingerprint density at radius 2 is 1.93 bits per heavy atom. The van der Waals surface area contributed by atoms with Crippen LogP contribution in [0, 0.1) is 5.82 Å². The van der Waals surface area contributed by atoms with E-state index in [1.807, 2.05) is 7.05 Å². The van der Waals surface area contributed by atoms with Crippen LogP contribution in [0.25, 0.3) is 0 Å². The average Bonchev–Trinajstić information content (AvgIpc) is 2.66. The highest BCUT2D eigenvalue weighted by molar-refractivity contribution is 7.92. The molecule has 0 bridgehead atoms. The number of likely N-dealkylation sites (N-methyl/N-ethyl adjacent to an activating group) is 1. The molecule has 8 heteroatoms. The van der Waals surface area contributed by atoms with Crippen LogP contribution in [-0.4, -0.2) is 52.7 Å². The highest BCUT2D eigenvalue weighted by Crippen LogP contribution is 2.25. The number of ether oxygens (including phenoxy) is 1. The summed E-state index contributed by atoms with van der Waals surface area (Å²) in [6, 6.07) is 12.1. The van der Waals surface area contributed by atoms with Gasteiger partial charge >= 0.3 is 0 Å². The van der Waals surface area contributed by atoms with Gasteiger partial charge in [-0.3, -0.25) is 4.72 Å². The number of hydrogen-bond donors (Lipinski definition) is 2. The van der Waals surface area contributed by atoms with Crippen molar-refractivity contribution in [1.29, 1.82) is 0 Å². The Kier molecular flexibility index (Phi) is 5.98. The van der Waals surface area contributed by atoms with Crippen LogP contribution < -0.4 is 10.0 Å². The number of sulfonamides is 1. The molecule has 1 heterocycles. The Balaban J connectivity index is 1.78. The number of rotatable bonds is 6. The van der Waals surface area contributed by atoms with Gasteiger partial charge in [0, 0.05) is 13.7 Å². The van der Waals surface area contributed by atoms with Gasteiger partial charge in [-0.15, -0.1) is 0 Å². The summed E-state index contributed by atoms with van der Waals surface area (Å²) in [5, 5.41) is 3.18.